The highest BCUT2D eigenvalue weighted by Crippen LogP contribution is 2.21. The molecule has 7 heteroatoms. The maximum atomic E-state index is 12.5. The van der Waals surface area contributed by atoms with Crippen molar-refractivity contribution in [1.29, 1.82) is 0 Å². The van der Waals surface area contributed by atoms with E-state index in [-0.39, 0.29) is 12.2 Å². The summed E-state index contributed by atoms with van der Waals surface area (Å²) in [7, 11) is 0. The third-order valence-electron chi connectivity index (χ3n) is 3.38. The second-order valence-corrected chi connectivity index (χ2v) is 6.28. The third kappa shape index (κ3) is 4.17. The molecule has 1 saturated heterocycles. The standard InChI is InChI=1S/C15H24N4O3/c1-12-18(11-19(16)21-12)22-14(20)17(15(2,3)4)10-13-8-6-5-7-9-13/h5-9,12H,10-11,16H2,1-4H3. The zero-order valence-corrected chi connectivity index (χ0v) is 13.5. The van der Waals surface area contributed by atoms with E-state index in [9.17, 15) is 4.79 Å². The minimum atomic E-state index is -0.429. The van der Waals surface area contributed by atoms with Gasteiger partial charge in [-0.3, -0.25) is 9.74 Å². The normalized spacial score (nSPS) is 20.1. The van der Waals surface area contributed by atoms with Gasteiger partial charge in [-0.1, -0.05) is 35.4 Å². The van der Waals surface area contributed by atoms with Crippen molar-refractivity contribution < 1.29 is 14.5 Å². The van der Waals surface area contributed by atoms with Crippen LogP contribution in [0.1, 0.15) is 33.3 Å². The number of carbonyl (C=O) groups excluding carboxylic acids is 1. The lowest BCUT2D eigenvalue weighted by atomic mass is 10.1. The van der Waals surface area contributed by atoms with Crippen LogP contribution in [0.15, 0.2) is 30.3 Å². The number of hydrazine groups is 1. The summed E-state index contributed by atoms with van der Waals surface area (Å²) in [5.41, 5.74) is 0.666. The summed E-state index contributed by atoms with van der Waals surface area (Å²) < 4.78 is 0. The first-order valence-electron chi connectivity index (χ1n) is 7.26. The van der Waals surface area contributed by atoms with E-state index in [2.05, 4.69) is 0 Å². The van der Waals surface area contributed by atoms with Crippen LogP contribution in [0.2, 0.25) is 0 Å². The van der Waals surface area contributed by atoms with Crippen LogP contribution in [0.5, 0.6) is 0 Å². The molecule has 1 heterocycles. The van der Waals surface area contributed by atoms with Crippen molar-refractivity contribution in [2.75, 3.05) is 6.67 Å². The Hall–Kier alpha value is -1.67. The van der Waals surface area contributed by atoms with Gasteiger partial charge >= 0.3 is 6.09 Å². The molecule has 0 radical (unpaired) electrons. The molecule has 1 atom stereocenters. The average molecular weight is 308 g/mol. The first-order chi connectivity index (χ1) is 10.3. The SMILES string of the molecule is CC1ON(N)CN1OC(=O)N(Cc1ccccc1)C(C)(C)C. The fraction of sp³-hybridized carbons (Fsp3) is 0.533. The predicted molar refractivity (Wildman–Crippen MR) is 81.5 cm³/mol. The number of benzene rings is 1. The molecule has 0 aliphatic carbocycles. The van der Waals surface area contributed by atoms with E-state index in [4.69, 9.17) is 15.5 Å². The lowest BCUT2D eigenvalue weighted by Gasteiger charge is -2.35. The molecule has 1 fully saturated rings. The molecule has 0 saturated carbocycles. The molecule has 22 heavy (non-hydrogen) atoms. The summed E-state index contributed by atoms with van der Waals surface area (Å²) in [4.78, 5) is 24.9. The van der Waals surface area contributed by atoms with Crippen LogP contribution in [-0.4, -0.2) is 39.7 Å². The molecule has 2 N–H and O–H groups in total. The number of hydroxylamine groups is 3. The molecule has 1 aliphatic heterocycles. The summed E-state index contributed by atoms with van der Waals surface area (Å²) in [5, 5.41) is 2.54. The van der Waals surface area contributed by atoms with Crippen LogP contribution in [0.3, 0.4) is 0 Å². The minimum Gasteiger partial charge on any atom is -0.347 e. The number of rotatable bonds is 3. The zero-order valence-electron chi connectivity index (χ0n) is 13.5. The van der Waals surface area contributed by atoms with Crippen molar-refractivity contribution in [2.45, 2.75) is 46.0 Å². The average Bonchev–Trinajstić information content (AvgIpc) is 2.74. The first kappa shape index (κ1) is 16.7. The number of carbonyl (C=O) groups is 1. The largest absolute Gasteiger partial charge is 0.429 e. The lowest BCUT2D eigenvalue weighted by Crippen LogP contribution is -2.48. The fourth-order valence-electron chi connectivity index (χ4n) is 2.13. The summed E-state index contributed by atoms with van der Waals surface area (Å²) in [6, 6.07) is 9.81. The van der Waals surface area contributed by atoms with Crippen molar-refractivity contribution in [3.8, 4) is 0 Å². The van der Waals surface area contributed by atoms with Crippen LogP contribution in [0, 0.1) is 0 Å². The third-order valence-corrected chi connectivity index (χ3v) is 3.38. The molecular formula is C15H24N4O3. The summed E-state index contributed by atoms with van der Waals surface area (Å²) >= 11 is 0. The van der Waals surface area contributed by atoms with Gasteiger partial charge in [0.25, 0.3) is 0 Å². The van der Waals surface area contributed by atoms with Gasteiger partial charge in [-0.25, -0.2) is 10.6 Å². The van der Waals surface area contributed by atoms with Crippen molar-refractivity contribution in [1.82, 2.24) is 15.1 Å². The topological polar surface area (TPSA) is 71.3 Å². The van der Waals surface area contributed by atoms with Crippen molar-refractivity contribution in [2.24, 2.45) is 5.84 Å². The molecular weight excluding hydrogens is 284 g/mol. The zero-order chi connectivity index (χ0) is 16.3. The summed E-state index contributed by atoms with van der Waals surface area (Å²) in [5.74, 6) is 5.54. The molecule has 122 valence electrons. The molecule has 2 rings (SSSR count). The number of amides is 1. The smallest absolute Gasteiger partial charge is 0.347 e. The molecule has 0 spiro atoms. The molecule has 0 bridgehead atoms. The van der Waals surface area contributed by atoms with Gasteiger partial charge in [-0.05, 0) is 33.3 Å². The summed E-state index contributed by atoms with van der Waals surface area (Å²) in [6.07, 6.45) is -0.838. The van der Waals surface area contributed by atoms with Crippen LogP contribution in [0.25, 0.3) is 0 Å². The van der Waals surface area contributed by atoms with E-state index in [0.717, 1.165) is 10.7 Å². The van der Waals surface area contributed by atoms with E-state index in [1.165, 1.54) is 5.06 Å². The number of nitrogens with two attached hydrogens (primary N) is 1. The highest BCUT2D eigenvalue weighted by atomic mass is 16.8. The molecule has 1 unspecified atom stereocenters. The second kappa shape index (κ2) is 6.62. The van der Waals surface area contributed by atoms with Gasteiger partial charge in [0.2, 0.25) is 0 Å². The van der Waals surface area contributed by atoms with Crippen molar-refractivity contribution >= 4 is 6.09 Å². The molecule has 1 aliphatic rings. The van der Waals surface area contributed by atoms with Crippen LogP contribution >= 0.6 is 0 Å². The van der Waals surface area contributed by atoms with E-state index in [0.29, 0.717) is 6.54 Å². The van der Waals surface area contributed by atoms with Crippen molar-refractivity contribution in [3.63, 3.8) is 0 Å². The molecule has 1 aromatic carbocycles. The highest BCUT2D eigenvalue weighted by Gasteiger charge is 2.34. The fourth-order valence-corrected chi connectivity index (χ4v) is 2.13. The van der Waals surface area contributed by atoms with Gasteiger partial charge in [0.1, 0.15) is 6.67 Å². The Labute approximate surface area is 131 Å². The molecule has 0 aromatic heterocycles. The van der Waals surface area contributed by atoms with Gasteiger partial charge in [0, 0.05) is 12.1 Å². The van der Waals surface area contributed by atoms with Gasteiger partial charge in [0.05, 0.1) is 0 Å². The Balaban J connectivity index is 2.07. The Bertz CT molecular complexity index is 503. The Morgan fingerprint density at radius 2 is 2.05 bits per heavy atom. The molecule has 1 aromatic rings. The summed E-state index contributed by atoms with van der Waals surface area (Å²) in [6.45, 7) is 8.34. The van der Waals surface area contributed by atoms with E-state index in [1.807, 2.05) is 51.1 Å². The number of nitrogens with zero attached hydrogens (tertiary/aromatic N) is 3. The van der Waals surface area contributed by atoms with Crippen LogP contribution in [0.4, 0.5) is 4.79 Å². The van der Waals surface area contributed by atoms with E-state index >= 15 is 0 Å². The van der Waals surface area contributed by atoms with Crippen LogP contribution in [-0.2, 0) is 16.2 Å². The van der Waals surface area contributed by atoms with E-state index < -0.39 is 12.3 Å². The maximum absolute atomic E-state index is 12.5. The number of hydrogen-bond donors (Lipinski definition) is 1. The van der Waals surface area contributed by atoms with Gasteiger partial charge in [0.15, 0.2) is 6.23 Å². The Morgan fingerprint density at radius 3 is 2.55 bits per heavy atom. The quantitative estimate of drug-likeness (QED) is 0.862. The predicted octanol–water partition coefficient (Wildman–Crippen LogP) is 2.07. The molecule has 7 nitrogen and oxygen atoms in total. The minimum absolute atomic E-state index is 0.205. The Kier molecular flexibility index (Phi) is 5.02. The van der Waals surface area contributed by atoms with E-state index in [1.54, 1.807) is 11.8 Å². The number of hydrogen-bond acceptors (Lipinski definition) is 6. The molecule has 1 amide bonds. The van der Waals surface area contributed by atoms with Gasteiger partial charge in [-0.2, -0.15) is 0 Å². The highest BCUT2D eigenvalue weighted by molar-refractivity contribution is 5.68. The van der Waals surface area contributed by atoms with Crippen molar-refractivity contribution in [3.05, 3.63) is 35.9 Å². The van der Waals surface area contributed by atoms with Crippen LogP contribution < -0.4 is 5.84 Å². The maximum Gasteiger partial charge on any atom is 0.429 e. The first-order valence-corrected chi connectivity index (χ1v) is 7.26. The monoisotopic (exact) mass is 308 g/mol. The van der Waals surface area contributed by atoms with Gasteiger partial charge < -0.3 is 4.84 Å². The van der Waals surface area contributed by atoms with Gasteiger partial charge in [-0.15, -0.1) is 5.17 Å². The lowest BCUT2D eigenvalue weighted by molar-refractivity contribution is -0.184. The Morgan fingerprint density at radius 1 is 1.41 bits per heavy atom. The second-order valence-electron chi connectivity index (χ2n) is 6.28.